The lowest BCUT2D eigenvalue weighted by Crippen LogP contribution is -2.33. The number of sulfonamides is 1. The number of thiophene rings is 1. The fourth-order valence-electron chi connectivity index (χ4n) is 2.56. The molecule has 1 heterocycles. The molecule has 1 aromatic rings. The van der Waals surface area contributed by atoms with Gasteiger partial charge in [-0.3, -0.25) is 0 Å². The highest BCUT2D eigenvalue weighted by Gasteiger charge is 2.30. The van der Waals surface area contributed by atoms with Crippen molar-refractivity contribution >= 4 is 49.1 Å². The van der Waals surface area contributed by atoms with E-state index in [0.29, 0.717) is 20.5 Å². The number of rotatable bonds is 7. The van der Waals surface area contributed by atoms with Gasteiger partial charge < -0.3 is 5.32 Å². The molecule has 0 amide bonds. The summed E-state index contributed by atoms with van der Waals surface area (Å²) in [6, 6.07) is 1.82. The van der Waals surface area contributed by atoms with Gasteiger partial charge in [0, 0.05) is 22.7 Å². The van der Waals surface area contributed by atoms with Crippen LogP contribution in [0.15, 0.2) is 14.7 Å². The molecule has 8 heteroatoms. The van der Waals surface area contributed by atoms with Gasteiger partial charge in [0.05, 0.1) is 3.79 Å². The van der Waals surface area contributed by atoms with Crippen LogP contribution in [0, 0.1) is 0 Å². The SMILES string of the molecule is CCSC1CCC(NS(=O)(=O)c2cc(CNC)sc2Br)C1. The van der Waals surface area contributed by atoms with E-state index in [0.717, 1.165) is 29.9 Å². The quantitative estimate of drug-likeness (QED) is 0.721. The molecule has 2 unspecified atom stereocenters. The van der Waals surface area contributed by atoms with Crippen molar-refractivity contribution < 1.29 is 8.42 Å². The van der Waals surface area contributed by atoms with Crippen LogP contribution in [0.3, 0.4) is 0 Å². The summed E-state index contributed by atoms with van der Waals surface area (Å²) in [6.07, 6.45) is 2.96. The zero-order chi connectivity index (χ0) is 15.5. The fourth-order valence-corrected chi connectivity index (χ4v) is 7.68. The molecule has 0 aliphatic heterocycles. The first-order chi connectivity index (χ1) is 9.96. The van der Waals surface area contributed by atoms with Crippen molar-refractivity contribution in [2.75, 3.05) is 12.8 Å². The topological polar surface area (TPSA) is 58.2 Å². The van der Waals surface area contributed by atoms with Crippen LogP contribution >= 0.6 is 39.0 Å². The molecule has 2 rings (SSSR count). The molecular weight excluding hydrogens is 392 g/mol. The van der Waals surface area contributed by atoms with Crippen LogP contribution in [-0.4, -0.2) is 32.5 Å². The van der Waals surface area contributed by atoms with Gasteiger partial charge in [0.25, 0.3) is 0 Å². The standard InChI is InChI=1S/C13H21BrN2O2S3/c1-3-19-10-5-4-9(6-10)16-21(17,18)12-7-11(8-15-2)20-13(12)14/h7,9-10,15-16H,3-6,8H2,1-2H3. The summed E-state index contributed by atoms with van der Waals surface area (Å²) in [4.78, 5) is 1.37. The van der Waals surface area contributed by atoms with Crippen molar-refractivity contribution in [2.24, 2.45) is 0 Å². The number of halogens is 1. The van der Waals surface area contributed by atoms with E-state index in [1.165, 1.54) is 11.3 Å². The number of hydrogen-bond donors (Lipinski definition) is 2. The zero-order valence-corrected chi connectivity index (χ0v) is 16.2. The van der Waals surface area contributed by atoms with Crippen LogP contribution < -0.4 is 10.0 Å². The van der Waals surface area contributed by atoms with Crippen molar-refractivity contribution in [2.45, 2.75) is 48.9 Å². The molecular formula is C13H21BrN2O2S3. The van der Waals surface area contributed by atoms with Gasteiger partial charge in [-0.1, -0.05) is 6.92 Å². The van der Waals surface area contributed by atoms with E-state index < -0.39 is 10.0 Å². The van der Waals surface area contributed by atoms with E-state index in [1.807, 2.05) is 18.8 Å². The molecule has 21 heavy (non-hydrogen) atoms. The molecule has 1 saturated carbocycles. The predicted molar refractivity (Wildman–Crippen MR) is 94.7 cm³/mol. The van der Waals surface area contributed by atoms with Crippen LogP contribution in [0.2, 0.25) is 0 Å². The maximum absolute atomic E-state index is 12.5. The molecule has 120 valence electrons. The Balaban J connectivity index is 2.05. The van der Waals surface area contributed by atoms with Gasteiger partial charge in [-0.05, 0) is 54.1 Å². The fraction of sp³-hybridized carbons (Fsp3) is 0.692. The molecule has 1 aliphatic carbocycles. The summed E-state index contributed by atoms with van der Waals surface area (Å²) in [7, 11) is -1.58. The second-order valence-electron chi connectivity index (χ2n) is 5.09. The minimum Gasteiger partial charge on any atom is -0.315 e. The Morgan fingerprint density at radius 1 is 1.48 bits per heavy atom. The lowest BCUT2D eigenvalue weighted by molar-refractivity contribution is 0.552. The predicted octanol–water partition coefficient (Wildman–Crippen LogP) is 3.18. The van der Waals surface area contributed by atoms with E-state index in [2.05, 4.69) is 32.9 Å². The molecule has 1 aliphatic rings. The Bertz CT molecular complexity index is 574. The molecule has 0 bridgehead atoms. The van der Waals surface area contributed by atoms with Crippen molar-refractivity contribution in [3.05, 3.63) is 14.7 Å². The highest BCUT2D eigenvalue weighted by molar-refractivity contribution is 9.11. The Morgan fingerprint density at radius 2 is 2.24 bits per heavy atom. The van der Waals surface area contributed by atoms with Gasteiger partial charge in [-0.15, -0.1) is 11.3 Å². The second-order valence-corrected chi connectivity index (χ2v) is 10.8. The minimum absolute atomic E-state index is 0.0681. The molecule has 1 aromatic heterocycles. The molecule has 2 atom stereocenters. The van der Waals surface area contributed by atoms with Gasteiger partial charge >= 0.3 is 0 Å². The molecule has 0 aromatic carbocycles. The molecule has 4 nitrogen and oxygen atoms in total. The van der Waals surface area contributed by atoms with Crippen LogP contribution in [0.4, 0.5) is 0 Å². The van der Waals surface area contributed by atoms with Crippen LogP contribution in [0.25, 0.3) is 0 Å². The van der Waals surface area contributed by atoms with Crippen LogP contribution in [-0.2, 0) is 16.6 Å². The summed E-state index contributed by atoms with van der Waals surface area (Å²) >= 11 is 6.77. The number of nitrogens with one attached hydrogen (secondary N) is 2. The van der Waals surface area contributed by atoms with E-state index in [1.54, 1.807) is 6.07 Å². The summed E-state index contributed by atoms with van der Waals surface area (Å²) < 4.78 is 28.6. The second kappa shape index (κ2) is 7.79. The normalized spacial score (nSPS) is 22.8. The third-order valence-electron chi connectivity index (χ3n) is 3.46. The van der Waals surface area contributed by atoms with Crippen LogP contribution in [0.1, 0.15) is 31.1 Å². The summed E-state index contributed by atoms with van der Waals surface area (Å²) in [6.45, 7) is 2.82. The van der Waals surface area contributed by atoms with E-state index >= 15 is 0 Å². The minimum atomic E-state index is -3.43. The lowest BCUT2D eigenvalue weighted by atomic mass is 10.3. The lowest BCUT2D eigenvalue weighted by Gasteiger charge is -2.13. The monoisotopic (exact) mass is 412 g/mol. The molecule has 0 saturated heterocycles. The Kier molecular flexibility index (Phi) is 6.58. The maximum Gasteiger partial charge on any atom is 0.242 e. The molecule has 1 fully saturated rings. The van der Waals surface area contributed by atoms with Crippen molar-refractivity contribution in [1.29, 1.82) is 0 Å². The molecule has 0 spiro atoms. The maximum atomic E-state index is 12.5. The average Bonchev–Trinajstić information content (AvgIpc) is 2.97. The Morgan fingerprint density at radius 3 is 2.90 bits per heavy atom. The van der Waals surface area contributed by atoms with Gasteiger partial charge in [0.15, 0.2) is 0 Å². The van der Waals surface area contributed by atoms with Crippen molar-refractivity contribution in [1.82, 2.24) is 10.0 Å². The smallest absolute Gasteiger partial charge is 0.242 e. The Labute approximate surface area is 143 Å². The van der Waals surface area contributed by atoms with E-state index in [9.17, 15) is 8.42 Å². The summed E-state index contributed by atoms with van der Waals surface area (Å²) in [5.41, 5.74) is 0. The van der Waals surface area contributed by atoms with E-state index in [4.69, 9.17) is 0 Å². The molecule has 2 N–H and O–H groups in total. The van der Waals surface area contributed by atoms with Crippen molar-refractivity contribution in [3.8, 4) is 0 Å². The van der Waals surface area contributed by atoms with Gasteiger partial charge in [0.1, 0.15) is 4.90 Å². The first kappa shape index (κ1) is 17.7. The first-order valence-electron chi connectivity index (χ1n) is 7.03. The summed E-state index contributed by atoms with van der Waals surface area (Å²) in [5.74, 6) is 1.09. The highest BCUT2D eigenvalue weighted by Crippen LogP contribution is 2.34. The number of thioether (sulfide) groups is 1. The average molecular weight is 413 g/mol. The van der Waals surface area contributed by atoms with Gasteiger partial charge in [0.2, 0.25) is 10.0 Å². The molecule has 0 radical (unpaired) electrons. The van der Waals surface area contributed by atoms with E-state index in [-0.39, 0.29) is 6.04 Å². The van der Waals surface area contributed by atoms with Crippen molar-refractivity contribution in [3.63, 3.8) is 0 Å². The van der Waals surface area contributed by atoms with Gasteiger partial charge in [-0.2, -0.15) is 11.8 Å². The summed E-state index contributed by atoms with van der Waals surface area (Å²) in [5, 5.41) is 3.63. The van der Waals surface area contributed by atoms with Gasteiger partial charge in [-0.25, -0.2) is 13.1 Å². The first-order valence-corrected chi connectivity index (χ1v) is 11.2. The largest absolute Gasteiger partial charge is 0.315 e. The Hall–Kier alpha value is 0.400. The van der Waals surface area contributed by atoms with Crippen LogP contribution in [0.5, 0.6) is 0 Å². The third kappa shape index (κ3) is 4.68. The number of hydrogen-bond acceptors (Lipinski definition) is 5. The third-order valence-corrected chi connectivity index (χ3v) is 8.46. The zero-order valence-electron chi connectivity index (χ0n) is 12.2. The highest BCUT2D eigenvalue weighted by atomic mass is 79.9.